The average Bonchev–Trinajstić information content (AvgIpc) is 2.62. The Morgan fingerprint density at radius 1 is 1.28 bits per heavy atom. The molecule has 0 fully saturated rings. The largest absolute Gasteiger partial charge is 0.362 e. The lowest BCUT2D eigenvalue weighted by molar-refractivity contribution is 0.872. The standard InChI is InChI=1S/C13H14Cl2N2S/c1-7-4-11(9(3)18-7)8(2)17-13-12(15)5-10(14)6-16-13/h4-6,8H,1-3H3,(H,16,17). The number of nitrogens with zero attached hydrogens (tertiary/aromatic N) is 1. The van der Waals surface area contributed by atoms with Gasteiger partial charge in [-0.25, -0.2) is 4.98 Å². The summed E-state index contributed by atoms with van der Waals surface area (Å²) in [6.45, 7) is 6.34. The number of aryl methyl sites for hydroxylation is 2. The summed E-state index contributed by atoms with van der Waals surface area (Å²) in [6, 6.07) is 4.05. The number of anilines is 1. The summed E-state index contributed by atoms with van der Waals surface area (Å²) in [7, 11) is 0. The zero-order valence-corrected chi connectivity index (χ0v) is 12.7. The van der Waals surface area contributed by atoms with Gasteiger partial charge < -0.3 is 5.32 Å². The van der Waals surface area contributed by atoms with Crippen LogP contribution >= 0.6 is 34.5 Å². The van der Waals surface area contributed by atoms with E-state index in [1.165, 1.54) is 15.3 Å². The van der Waals surface area contributed by atoms with Crippen molar-refractivity contribution in [2.45, 2.75) is 26.8 Å². The van der Waals surface area contributed by atoms with E-state index in [1.54, 1.807) is 23.6 Å². The van der Waals surface area contributed by atoms with E-state index in [0.717, 1.165) is 0 Å². The van der Waals surface area contributed by atoms with Crippen LogP contribution < -0.4 is 5.32 Å². The second-order valence-electron chi connectivity index (χ2n) is 4.22. The third kappa shape index (κ3) is 2.97. The summed E-state index contributed by atoms with van der Waals surface area (Å²) in [5, 5.41) is 4.40. The van der Waals surface area contributed by atoms with Gasteiger partial charge in [0.25, 0.3) is 0 Å². The number of thiophene rings is 1. The van der Waals surface area contributed by atoms with E-state index in [2.05, 4.69) is 37.1 Å². The van der Waals surface area contributed by atoms with Crippen molar-refractivity contribution in [1.29, 1.82) is 0 Å². The zero-order chi connectivity index (χ0) is 13.3. The molecule has 0 saturated carbocycles. The van der Waals surface area contributed by atoms with Gasteiger partial charge in [-0.05, 0) is 38.5 Å². The van der Waals surface area contributed by atoms with Gasteiger partial charge in [-0.2, -0.15) is 0 Å². The van der Waals surface area contributed by atoms with Crippen LogP contribution in [0.3, 0.4) is 0 Å². The minimum Gasteiger partial charge on any atom is -0.362 e. The Kier molecular flexibility index (Phi) is 4.15. The molecular formula is C13H14Cl2N2S. The van der Waals surface area contributed by atoms with Gasteiger partial charge in [0.2, 0.25) is 0 Å². The smallest absolute Gasteiger partial charge is 0.145 e. The van der Waals surface area contributed by atoms with E-state index in [4.69, 9.17) is 23.2 Å². The summed E-state index contributed by atoms with van der Waals surface area (Å²) in [5.74, 6) is 0.664. The number of pyridine rings is 1. The second-order valence-corrected chi connectivity index (χ2v) is 6.52. The van der Waals surface area contributed by atoms with E-state index in [1.807, 2.05) is 0 Å². The lowest BCUT2D eigenvalue weighted by Gasteiger charge is -2.15. The van der Waals surface area contributed by atoms with Crippen LogP contribution in [-0.2, 0) is 0 Å². The lowest BCUT2D eigenvalue weighted by atomic mass is 10.1. The minimum absolute atomic E-state index is 0.168. The first kappa shape index (κ1) is 13.7. The van der Waals surface area contributed by atoms with Crippen molar-refractivity contribution in [3.8, 4) is 0 Å². The third-order valence-electron chi connectivity index (χ3n) is 2.71. The Labute approximate surface area is 121 Å². The topological polar surface area (TPSA) is 24.9 Å². The minimum atomic E-state index is 0.168. The molecule has 2 aromatic rings. The molecule has 5 heteroatoms. The molecule has 0 saturated heterocycles. The first-order valence-electron chi connectivity index (χ1n) is 5.62. The number of halogens is 2. The van der Waals surface area contributed by atoms with E-state index in [9.17, 15) is 0 Å². The normalized spacial score (nSPS) is 12.5. The molecule has 0 amide bonds. The van der Waals surface area contributed by atoms with E-state index >= 15 is 0 Å². The third-order valence-corrected chi connectivity index (χ3v) is 4.18. The Bertz CT molecular complexity index is 566. The quantitative estimate of drug-likeness (QED) is 0.838. The number of aromatic nitrogens is 1. The van der Waals surface area contributed by atoms with Gasteiger partial charge in [-0.15, -0.1) is 11.3 Å². The molecule has 2 aromatic heterocycles. The van der Waals surface area contributed by atoms with Crippen LogP contribution in [0.25, 0.3) is 0 Å². The molecule has 18 heavy (non-hydrogen) atoms. The van der Waals surface area contributed by atoms with Crippen LogP contribution in [0.15, 0.2) is 18.3 Å². The summed E-state index contributed by atoms with van der Waals surface area (Å²) in [4.78, 5) is 6.84. The summed E-state index contributed by atoms with van der Waals surface area (Å²) in [6.07, 6.45) is 1.59. The number of nitrogens with one attached hydrogen (secondary N) is 1. The maximum Gasteiger partial charge on any atom is 0.145 e. The van der Waals surface area contributed by atoms with Gasteiger partial charge in [0.1, 0.15) is 5.82 Å². The highest BCUT2D eigenvalue weighted by molar-refractivity contribution is 7.12. The molecule has 2 heterocycles. The zero-order valence-electron chi connectivity index (χ0n) is 10.4. The number of hydrogen-bond acceptors (Lipinski definition) is 3. The average molecular weight is 301 g/mol. The fourth-order valence-corrected chi connectivity index (χ4v) is 3.34. The van der Waals surface area contributed by atoms with Crippen molar-refractivity contribution in [2.24, 2.45) is 0 Å². The predicted octanol–water partition coefficient (Wildman–Crippen LogP) is 5.24. The van der Waals surface area contributed by atoms with Gasteiger partial charge in [0.05, 0.1) is 16.1 Å². The molecule has 2 nitrogen and oxygen atoms in total. The maximum absolute atomic E-state index is 6.10. The van der Waals surface area contributed by atoms with Gasteiger partial charge in [-0.1, -0.05) is 23.2 Å². The molecule has 0 aromatic carbocycles. The van der Waals surface area contributed by atoms with E-state index in [-0.39, 0.29) is 6.04 Å². The second kappa shape index (κ2) is 5.47. The molecule has 0 bridgehead atoms. The van der Waals surface area contributed by atoms with Crippen molar-refractivity contribution in [2.75, 3.05) is 5.32 Å². The van der Waals surface area contributed by atoms with Crippen LogP contribution in [0.5, 0.6) is 0 Å². The van der Waals surface area contributed by atoms with Gasteiger partial charge in [-0.3, -0.25) is 0 Å². The molecule has 0 spiro atoms. The summed E-state index contributed by atoms with van der Waals surface area (Å²) in [5.41, 5.74) is 1.28. The van der Waals surface area contributed by atoms with Crippen molar-refractivity contribution >= 4 is 40.4 Å². The molecule has 0 aliphatic heterocycles. The molecule has 1 atom stereocenters. The molecule has 0 aliphatic rings. The Balaban J connectivity index is 2.21. The van der Waals surface area contributed by atoms with Crippen LogP contribution in [-0.4, -0.2) is 4.98 Å². The van der Waals surface area contributed by atoms with Crippen molar-refractivity contribution < 1.29 is 0 Å². The van der Waals surface area contributed by atoms with Crippen LogP contribution in [0, 0.1) is 13.8 Å². The van der Waals surface area contributed by atoms with Gasteiger partial charge in [0.15, 0.2) is 0 Å². The highest BCUT2D eigenvalue weighted by Gasteiger charge is 2.13. The molecule has 96 valence electrons. The van der Waals surface area contributed by atoms with Crippen LogP contribution in [0.4, 0.5) is 5.82 Å². The van der Waals surface area contributed by atoms with Gasteiger partial charge in [0, 0.05) is 16.0 Å². The van der Waals surface area contributed by atoms with Gasteiger partial charge >= 0.3 is 0 Å². The van der Waals surface area contributed by atoms with E-state index < -0.39 is 0 Å². The monoisotopic (exact) mass is 300 g/mol. The van der Waals surface area contributed by atoms with Crippen molar-refractivity contribution in [3.05, 3.63) is 43.7 Å². The lowest BCUT2D eigenvalue weighted by Crippen LogP contribution is -2.08. The Morgan fingerprint density at radius 2 is 2.00 bits per heavy atom. The highest BCUT2D eigenvalue weighted by atomic mass is 35.5. The molecular weight excluding hydrogens is 287 g/mol. The molecule has 1 unspecified atom stereocenters. The molecule has 1 N–H and O–H groups in total. The van der Waals surface area contributed by atoms with E-state index in [0.29, 0.717) is 15.9 Å². The SMILES string of the molecule is Cc1cc(C(C)Nc2ncc(Cl)cc2Cl)c(C)s1. The first-order valence-corrected chi connectivity index (χ1v) is 7.19. The Hall–Kier alpha value is -0.770. The first-order chi connectivity index (χ1) is 8.47. The predicted molar refractivity (Wildman–Crippen MR) is 80.1 cm³/mol. The molecule has 0 radical (unpaired) electrons. The molecule has 2 rings (SSSR count). The van der Waals surface area contributed by atoms with Crippen molar-refractivity contribution in [3.63, 3.8) is 0 Å². The fourth-order valence-electron chi connectivity index (χ4n) is 1.88. The maximum atomic E-state index is 6.10. The van der Waals surface area contributed by atoms with Crippen LogP contribution in [0.1, 0.15) is 28.3 Å². The summed E-state index contributed by atoms with van der Waals surface area (Å²) >= 11 is 13.7. The van der Waals surface area contributed by atoms with Crippen molar-refractivity contribution in [1.82, 2.24) is 4.98 Å². The fraction of sp³-hybridized carbons (Fsp3) is 0.308. The molecule has 0 aliphatic carbocycles. The summed E-state index contributed by atoms with van der Waals surface area (Å²) < 4.78 is 0. The Morgan fingerprint density at radius 3 is 2.56 bits per heavy atom. The number of hydrogen-bond donors (Lipinski definition) is 1. The highest BCUT2D eigenvalue weighted by Crippen LogP contribution is 2.30. The van der Waals surface area contributed by atoms with Crippen LogP contribution in [0.2, 0.25) is 10.0 Å². The number of rotatable bonds is 3.